The molecule has 5 heteroatoms. The predicted molar refractivity (Wildman–Crippen MR) is 86.1 cm³/mol. The van der Waals surface area contributed by atoms with Crippen LogP contribution in [0.25, 0.3) is 10.6 Å². The molecule has 0 saturated heterocycles. The predicted octanol–water partition coefficient (Wildman–Crippen LogP) is 3.27. The van der Waals surface area contributed by atoms with Crippen molar-refractivity contribution in [2.45, 2.75) is 25.7 Å². The van der Waals surface area contributed by atoms with Crippen molar-refractivity contribution >= 4 is 22.9 Å². The number of hydrogen-bond acceptors (Lipinski definition) is 4. The summed E-state index contributed by atoms with van der Waals surface area (Å²) in [6, 6.07) is 7.82. The number of anilines is 1. The molecule has 0 atom stereocenters. The molecule has 1 aromatic heterocycles. The molecule has 1 saturated carbocycles. The summed E-state index contributed by atoms with van der Waals surface area (Å²) >= 11 is 1.60. The summed E-state index contributed by atoms with van der Waals surface area (Å²) in [5.41, 5.74) is 7.36. The Morgan fingerprint density at radius 3 is 2.57 bits per heavy atom. The highest BCUT2D eigenvalue weighted by molar-refractivity contribution is 7.13. The van der Waals surface area contributed by atoms with Crippen molar-refractivity contribution < 1.29 is 4.79 Å². The largest absolute Gasteiger partial charge is 0.329 e. The Morgan fingerprint density at radius 2 is 2.00 bits per heavy atom. The fourth-order valence-electron chi connectivity index (χ4n) is 2.90. The molecule has 0 unspecified atom stereocenters. The van der Waals surface area contributed by atoms with Crippen LogP contribution < -0.4 is 11.1 Å². The summed E-state index contributed by atoms with van der Waals surface area (Å²) < 4.78 is 0. The minimum Gasteiger partial charge on any atom is -0.329 e. The van der Waals surface area contributed by atoms with Crippen LogP contribution in [0.5, 0.6) is 0 Å². The summed E-state index contributed by atoms with van der Waals surface area (Å²) in [5, 5.41) is 5.95. The fraction of sp³-hybridized carbons (Fsp3) is 0.375. The van der Waals surface area contributed by atoms with Crippen LogP contribution in [-0.4, -0.2) is 17.4 Å². The molecule has 1 fully saturated rings. The van der Waals surface area contributed by atoms with E-state index in [1.807, 2.05) is 29.6 Å². The van der Waals surface area contributed by atoms with Crippen LogP contribution in [-0.2, 0) is 4.79 Å². The number of hydrogen-bond donors (Lipinski definition) is 2. The Bertz CT molecular complexity index is 601. The number of benzene rings is 1. The first-order chi connectivity index (χ1) is 10.2. The Labute approximate surface area is 128 Å². The monoisotopic (exact) mass is 301 g/mol. The van der Waals surface area contributed by atoms with E-state index in [4.69, 9.17) is 5.73 Å². The van der Waals surface area contributed by atoms with Gasteiger partial charge in [0.2, 0.25) is 5.91 Å². The van der Waals surface area contributed by atoms with Gasteiger partial charge in [-0.1, -0.05) is 12.8 Å². The third-order valence-electron chi connectivity index (χ3n) is 4.26. The molecule has 110 valence electrons. The van der Waals surface area contributed by atoms with Crippen molar-refractivity contribution in [1.82, 2.24) is 4.98 Å². The standard InChI is InChI=1S/C16H19N3OS/c17-11-16(7-1-2-8-16)15(20)19-13-5-3-12(4-6-13)14-18-9-10-21-14/h3-6,9-10H,1-2,7-8,11,17H2,(H,19,20). The highest BCUT2D eigenvalue weighted by Crippen LogP contribution is 2.38. The number of nitrogens with two attached hydrogens (primary N) is 1. The van der Waals surface area contributed by atoms with Crippen molar-refractivity contribution in [3.8, 4) is 10.6 Å². The van der Waals surface area contributed by atoms with E-state index in [-0.39, 0.29) is 11.3 Å². The van der Waals surface area contributed by atoms with Crippen LogP contribution in [0.4, 0.5) is 5.69 Å². The Kier molecular flexibility index (Phi) is 4.03. The summed E-state index contributed by atoms with van der Waals surface area (Å²) in [4.78, 5) is 16.8. The molecular weight excluding hydrogens is 282 g/mol. The van der Waals surface area contributed by atoms with Crippen molar-refractivity contribution in [1.29, 1.82) is 0 Å². The van der Waals surface area contributed by atoms with Gasteiger partial charge in [-0.05, 0) is 37.1 Å². The van der Waals surface area contributed by atoms with Crippen molar-refractivity contribution in [3.63, 3.8) is 0 Å². The van der Waals surface area contributed by atoms with Gasteiger partial charge in [-0.15, -0.1) is 11.3 Å². The van der Waals surface area contributed by atoms with Gasteiger partial charge in [-0.3, -0.25) is 4.79 Å². The smallest absolute Gasteiger partial charge is 0.231 e. The van der Waals surface area contributed by atoms with E-state index in [0.717, 1.165) is 41.9 Å². The van der Waals surface area contributed by atoms with E-state index < -0.39 is 0 Å². The maximum Gasteiger partial charge on any atom is 0.231 e. The molecule has 0 radical (unpaired) electrons. The maximum absolute atomic E-state index is 12.5. The number of nitrogens with one attached hydrogen (secondary N) is 1. The molecule has 1 aliphatic rings. The minimum absolute atomic E-state index is 0.0597. The second kappa shape index (κ2) is 5.95. The zero-order chi connectivity index (χ0) is 14.7. The Morgan fingerprint density at radius 1 is 1.29 bits per heavy atom. The zero-order valence-electron chi connectivity index (χ0n) is 11.8. The lowest BCUT2D eigenvalue weighted by Crippen LogP contribution is -2.40. The molecular formula is C16H19N3OS. The molecule has 1 amide bonds. The molecule has 1 heterocycles. The fourth-order valence-corrected chi connectivity index (χ4v) is 3.55. The number of nitrogens with zero attached hydrogens (tertiary/aromatic N) is 1. The van der Waals surface area contributed by atoms with Crippen LogP contribution in [0.3, 0.4) is 0 Å². The van der Waals surface area contributed by atoms with E-state index in [9.17, 15) is 4.79 Å². The first kappa shape index (κ1) is 14.2. The lowest BCUT2D eigenvalue weighted by Gasteiger charge is -2.25. The summed E-state index contributed by atoms with van der Waals surface area (Å²) in [6.07, 6.45) is 5.76. The lowest BCUT2D eigenvalue weighted by atomic mass is 9.85. The highest BCUT2D eigenvalue weighted by atomic mass is 32.1. The van der Waals surface area contributed by atoms with Crippen LogP contribution in [0, 0.1) is 5.41 Å². The third kappa shape index (κ3) is 2.84. The SMILES string of the molecule is NCC1(C(=O)Nc2ccc(-c3nccs3)cc2)CCCC1. The average molecular weight is 301 g/mol. The molecule has 3 rings (SSSR count). The lowest BCUT2D eigenvalue weighted by molar-refractivity contribution is -0.124. The minimum atomic E-state index is -0.367. The van der Waals surface area contributed by atoms with Gasteiger partial charge in [0.05, 0.1) is 5.41 Å². The molecule has 0 spiro atoms. The molecule has 1 aliphatic carbocycles. The van der Waals surface area contributed by atoms with Crippen molar-refractivity contribution in [2.24, 2.45) is 11.1 Å². The van der Waals surface area contributed by atoms with Gasteiger partial charge in [-0.2, -0.15) is 0 Å². The van der Waals surface area contributed by atoms with Crippen molar-refractivity contribution in [3.05, 3.63) is 35.8 Å². The first-order valence-corrected chi connectivity index (χ1v) is 8.13. The second-order valence-corrected chi connectivity index (χ2v) is 6.45. The second-order valence-electron chi connectivity index (χ2n) is 5.56. The molecule has 21 heavy (non-hydrogen) atoms. The molecule has 0 aliphatic heterocycles. The normalized spacial score (nSPS) is 16.8. The van der Waals surface area contributed by atoms with Crippen LogP contribution >= 0.6 is 11.3 Å². The number of amides is 1. The number of carbonyl (C=O) groups is 1. The van der Waals surface area contributed by atoms with Crippen LogP contribution in [0.1, 0.15) is 25.7 Å². The Hall–Kier alpha value is -1.72. The van der Waals surface area contributed by atoms with Gasteiger partial charge in [0.15, 0.2) is 0 Å². The van der Waals surface area contributed by atoms with Gasteiger partial charge < -0.3 is 11.1 Å². The number of rotatable bonds is 4. The first-order valence-electron chi connectivity index (χ1n) is 7.25. The van der Waals surface area contributed by atoms with Gasteiger partial charge in [0, 0.05) is 29.4 Å². The van der Waals surface area contributed by atoms with Crippen LogP contribution in [0.15, 0.2) is 35.8 Å². The van der Waals surface area contributed by atoms with Gasteiger partial charge >= 0.3 is 0 Å². The maximum atomic E-state index is 12.5. The van der Waals surface area contributed by atoms with E-state index in [1.54, 1.807) is 17.5 Å². The van der Waals surface area contributed by atoms with Gasteiger partial charge in [0.25, 0.3) is 0 Å². The average Bonchev–Trinajstić information content (AvgIpc) is 3.20. The van der Waals surface area contributed by atoms with Crippen LogP contribution in [0.2, 0.25) is 0 Å². The summed E-state index contributed by atoms with van der Waals surface area (Å²) in [5.74, 6) is 0.0597. The third-order valence-corrected chi connectivity index (χ3v) is 5.08. The Balaban J connectivity index is 1.72. The van der Waals surface area contributed by atoms with E-state index >= 15 is 0 Å². The topological polar surface area (TPSA) is 68.0 Å². The molecule has 3 N–H and O–H groups in total. The summed E-state index contributed by atoms with van der Waals surface area (Å²) in [7, 11) is 0. The quantitative estimate of drug-likeness (QED) is 0.910. The molecule has 0 bridgehead atoms. The van der Waals surface area contributed by atoms with E-state index in [1.165, 1.54) is 0 Å². The molecule has 4 nitrogen and oxygen atoms in total. The van der Waals surface area contributed by atoms with Gasteiger partial charge in [-0.25, -0.2) is 4.98 Å². The number of thiazole rings is 1. The number of carbonyl (C=O) groups excluding carboxylic acids is 1. The van der Waals surface area contributed by atoms with E-state index in [2.05, 4.69) is 10.3 Å². The van der Waals surface area contributed by atoms with Crippen molar-refractivity contribution in [2.75, 3.05) is 11.9 Å². The summed E-state index contributed by atoms with van der Waals surface area (Å²) in [6.45, 7) is 0.427. The number of aromatic nitrogens is 1. The zero-order valence-corrected chi connectivity index (χ0v) is 12.7. The molecule has 2 aromatic rings. The van der Waals surface area contributed by atoms with Gasteiger partial charge in [0.1, 0.15) is 5.01 Å². The van der Waals surface area contributed by atoms with E-state index in [0.29, 0.717) is 6.54 Å². The highest BCUT2D eigenvalue weighted by Gasteiger charge is 2.39. The molecule has 1 aromatic carbocycles.